The van der Waals surface area contributed by atoms with E-state index >= 15 is 0 Å². The molecule has 6 nitrogen and oxygen atoms in total. The van der Waals surface area contributed by atoms with E-state index in [4.69, 9.17) is 4.74 Å². The van der Waals surface area contributed by atoms with Gasteiger partial charge in [0.1, 0.15) is 17.2 Å². The fourth-order valence-electron chi connectivity index (χ4n) is 2.21. The lowest BCUT2D eigenvalue weighted by Crippen LogP contribution is -2.16. The number of carbonyl (C=O) groups excluding carboxylic acids is 2. The molecule has 27 heavy (non-hydrogen) atoms. The number of ether oxygens (including phenoxy) is 2. The molecule has 0 aliphatic rings. The van der Waals surface area contributed by atoms with Crippen LogP contribution in [0, 0.1) is 0 Å². The highest BCUT2D eigenvalue weighted by molar-refractivity contribution is 5.98. The Kier molecular flexibility index (Phi) is 6.38. The molecule has 0 atom stereocenters. The first-order valence-corrected chi connectivity index (χ1v) is 7.94. The van der Waals surface area contributed by atoms with Gasteiger partial charge >= 0.3 is 12.3 Å². The van der Waals surface area contributed by atoms with Gasteiger partial charge in [0.05, 0.1) is 18.7 Å². The summed E-state index contributed by atoms with van der Waals surface area (Å²) in [5.74, 6) is -1.85. The van der Waals surface area contributed by atoms with Crippen molar-refractivity contribution in [2.45, 2.75) is 26.1 Å². The molecule has 0 aliphatic heterocycles. The van der Waals surface area contributed by atoms with E-state index in [9.17, 15) is 27.9 Å². The minimum absolute atomic E-state index is 0.151. The lowest BCUT2D eigenvalue weighted by atomic mass is 10.1. The smallest absolute Gasteiger partial charge is 0.506 e. The zero-order chi connectivity index (χ0) is 20.0. The van der Waals surface area contributed by atoms with Crippen molar-refractivity contribution in [1.29, 1.82) is 0 Å². The molecule has 1 heterocycles. The van der Waals surface area contributed by atoms with Crippen LogP contribution in [-0.2, 0) is 9.53 Å². The summed E-state index contributed by atoms with van der Waals surface area (Å²) < 4.78 is 45.1. The highest BCUT2D eigenvalue weighted by atomic mass is 19.4. The Morgan fingerprint density at radius 1 is 1.07 bits per heavy atom. The van der Waals surface area contributed by atoms with Crippen LogP contribution in [-0.4, -0.2) is 34.8 Å². The molecule has 0 spiro atoms. The van der Waals surface area contributed by atoms with Gasteiger partial charge < -0.3 is 14.6 Å². The Hall–Kier alpha value is -3.10. The Labute approximate surface area is 152 Å². The Balaban J connectivity index is 2.16. The van der Waals surface area contributed by atoms with Crippen molar-refractivity contribution >= 4 is 11.8 Å². The molecule has 0 unspecified atom stereocenters. The summed E-state index contributed by atoms with van der Waals surface area (Å²) in [6.45, 7) is 1.83. The van der Waals surface area contributed by atoms with Crippen LogP contribution in [0.3, 0.4) is 0 Å². The maximum atomic E-state index is 12.2. The number of benzene rings is 1. The maximum absolute atomic E-state index is 12.2. The average Bonchev–Trinajstić information content (AvgIpc) is 2.60. The van der Waals surface area contributed by atoms with Gasteiger partial charge in [-0.1, -0.05) is 0 Å². The van der Waals surface area contributed by atoms with Crippen LogP contribution in [0.2, 0.25) is 0 Å². The first kappa shape index (κ1) is 20.2. The van der Waals surface area contributed by atoms with E-state index in [1.54, 1.807) is 6.92 Å². The lowest BCUT2D eigenvalue weighted by Gasteiger charge is -2.10. The molecule has 0 saturated heterocycles. The molecule has 2 aromatic rings. The third-order valence-electron chi connectivity index (χ3n) is 3.38. The number of Topliss-reactive ketones (excluding diaryl/α,β-unsaturated/α-hetero) is 1. The Morgan fingerprint density at radius 3 is 2.33 bits per heavy atom. The minimum Gasteiger partial charge on any atom is -0.506 e. The van der Waals surface area contributed by atoms with Crippen LogP contribution in [0.4, 0.5) is 13.2 Å². The van der Waals surface area contributed by atoms with Crippen molar-refractivity contribution in [3.63, 3.8) is 0 Å². The number of nitrogens with zero attached hydrogens (tertiary/aromatic N) is 1. The van der Waals surface area contributed by atoms with Gasteiger partial charge in [0, 0.05) is 12.0 Å². The summed E-state index contributed by atoms with van der Waals surface area (Å²) >= 11 is 0. The van der Waals surface area contributed by atoms with E-state index in [1.165, 1.54) is 24.3 Å². The van der Waals surface area contributed by atoms with Gasteiger partial charge in [-0.3, -0.25) is 9.59 Å². The number of esters is 1. The van der Waals surface area contributed by atoms with Gasteiger partial charge in [0.2, 0.25) is 0 Å². The number of aromatic nitrogens is 1. The van der Waals surface area contributed by atoms with E-state index in [-0.39, 0.29) is 36.6 Å². The van der Waals surface area contributed by atoms with E-state index < -0.39 is 23.9 Å². The molecule has 0 saturated carbocycles. The van der Waals surface area contributed by atoms with Gasteiger partial charge in [0.25, 0.3) is 0 Å². The van der Waals surface area contributed by atoms with E-state index in [1.807, 2.05) is 0 Å². The molecule has 1 N–H and O–H groups in total. The molecule has 0 radical (unpaired) electrons. The second-order valence-electron chi connectivity index (χ2n) is 5.36. The van der Waals surface area contributed by atoms with Crippen molar-refractivity contribution in [3.05, 3.63) is 42.1 Å². The molecule has 1 aromatic heterocycles. The highest BCUT2D eigenvalue weighted by Crippen LogP contribution is 2.27. The van der Waals surface area contributed by atoms with Crippen molar-refractivity contribution in [1.82, 2.24) is 4.98 Å². The van der Waals surface area contributed by atoms with Crippen LogP contribution in [0.1, 0.15) is 30.3 Å². The summed E-state index contributed by atoms with van der Waals surface area (Å²) in [6.07, 6.45) is -5.14. The van der Waals surface area contributed by atoms with Crippen molar-refractivity contribution in [3.8, 4) is 22.8 Å². The van der Waals surface area contributed by atoms with Crippen LogP contribution in [0.25, 0.3) is 11.3 Å². The molecular weight excluding hydrogens is 367 g/mol. The first-order valence-electron chi connectivity index (χ1n) is 7.94. The molecule has 0 bridgehead atoms. The predicted molar refractivity (Wildman–Crippen MR) is 88.2 cm³/mol. The van der Waals surface area contributed by atoms with E-state index in [2.05, 4.69) is 9.72 Å². The SMILES string of the molecule is CCOC(=O)CCC(=O)c1nc(-c2ccc(OC(F)(F)F)cc2)ccc1O. The molecule has 0 fully saturated rings. The van der Waals surface area contributed by atoms with E-state index in [0.717, 1.165) is 12.1 Å². The van der Waals surface area contributed by atoms with Crippen LogP contribution >= 0.6 is 0 Å². The third-order valence-corrected chi connectivity index (χ3v) is 3.38. The molecule has 0 amide bonds. The number of hydrogen-bond donors (Lipinski definition) is 1. The molecule has 9 heteroatoms. The minimum atomic E-state index is -4.79. The second-order valence-corrected chi connectivity index (χ2v) is 5.36. The number of aromatic hydroxyl groups is 1. The highest BCUT2D eigenvalue weighted by Gasteiger charge is 2.31. The molecule has 144 valence electrons. The fourth-order valence-corrected chi connectivity index (χ4v) is 2.21. The van der Waals surface area contributed by atoms with Crippen molar-refractivity contribution in [2.24, 2.45) is 0 Å². The largest absolute Gasteiger partial charge is 0.573 e. The van der Waals surface area contributed by atoms with Crippen molar-refractivity contribution in [2.75, 3.05) is 6.61 Å². The quantitative estimate of drug-likeness (QED) is 0.577. The summed E-state index contributed by atoms with van der Waals surface area (Å²) in [7, 11) is 0. The second kappa shape index (κ2) is 8.52. The monoisotopic (exact) mass is 383 g/mol. The Morgan fingerprint density at radius 2 is 1.74 bits per heavy atom. The molecule has 0 aliphatic carbocycles. The van der Waals surface area contributed by atoms with Gasteiger partial charge in [-0.25, -0.2) is 4.98 Å². The number of carbonyl (C=O) groups is 2. The van der Waals surface area contributed by atoms with Crippen LogP contribution in [0.15, 0.2) is 36.4 Å². The fraction of sp³-hybridized carbons (Fsp3) is 0.278. The van der Waals surface area contributed by atoms with Gasteiger partial charge in [-0.05, 0) is 43.3 Å². The van der Waals surface area contributed by atoms with Gasteiger partial charge in [-0.15, -0.1) is 13.2 Å². The number of pyridine rings is 1. The predicted octanol–water partition coefficient (Wildman–Crippen LogP) is 3.88. The maximum Gasteiger partial charge on any atom is 0.573 e. The van der Waals surface area contributed by atoms with Crippen LogP contribution in [0.5, 0.6) is 11.5 Å². The normalized spacial score (nSPS) is 11.1. The summed E-state index contributed by atoms with van der Waals surface area (Å²) in [5, 5.41) is 9.85. The topological polar surface area (TPSA) is 85.7 Å². The zero-order valence-electron chi connectivity index (χ0n) is 14.2. The summed E-state index contributed by atoms with van der Waals surface area (Å²) in [4.78, 5) is 27.6. The number of ketones is 1. The van der Waals surface area contributed by atoms with Gasteiger partial charge in [0.15, 0.2) is 5.78 Å². The number of halogens is 3. The first-order chi connectivity index (χ1) is 12.7. The summed E-state index contributed by atoms with van der Waals surface area (Å²) in [5.41, 5.74) is 0.460. The lowest BCUT2D eigenvalue weighted by molar-refractivity contribution is -0.274. The molecular formula is C18H16F3NO5. The number of hydrogen-bond acceptors (Lipinski definition) is 6. The van der Waals surface area contributed by atoms with Crippen molar-refractivity contribution < 1.29 is 37.3 Å². The zero-order valence-corrected chi connectivity index (χ0v) is 14.2. The average molecular weight is 383 g/mol. The Bertz CT molecular complexity index is 819. The molecule has 1 aromatic carbocycles. The number of alkyl halides is 3. The summed E-state index contributed by atoms with van der Waals surface area (Å²) in [6, 6.07) is 7.57. The standard InChI is InChI=1S/C18H16F3NO5/c1-2-26-16(25)10-9-15(24)17-14(23)8-7-13(22-17)11-3-5-12(6-4-11)27-18(19,20)21/h3-8,23H,2,9-10H2,1H3. The molecule has 2 rings (SSSR count). The van der Waals surface area contributed by atoms with Crippen LogP contribution < -0.4 is 4.74 Å². The third kappa shape index (κ3) is 5.98. The van der Waals surface area contributed by atoms with E-state index in [0.29, 0.717) is 5.56 Å². The number of rotatable bonds is 7. The van der Waals surface area contributed by atoms with Gasteiger partial charge in [-0.2, -0.15) is 0 Å².